The van der Waals surface area contributed by atoms with Crippen molar-refractivity contribution in [2.24, 2.45) is 5.84 Å². The Morgan fingerprint density at radius 3 is 2.53 bits per heavy atom. The molecule has 1 unspecified atom stereocenters. The van der Waals surface area contributed by atoms with Crippen LogP contribution < -0.4 is 11.3 Å². The van der Waals surface area contributed by atoms with Crippen molar-refractivity contribution in [3.63, 3.8) is 0 Å². The van der Waals surface area contributed by atoms with Crippen LogP contribution in [0.25, 0.3) is 0 Å². The van der Waals surface area contributed by atoms with Crippen LogP contribution in [0, 0.1) is 0 Å². The molecule has 5 heteroatoms. The molecule has 0 aliphatic carbocycles. The van der Waals surface area contributed by atoms with Crippen molar-refractivity contribution in [2.75, 3.05) is 13.2 Å². The van der Waals surface area contributed by atoms with Crippen LogP contribution in [0.5, 0.6) is 0 Å². The Balaban J connectivity index is 2.61. The normalized spacial score (nSPS) is 12.9. The number of ether oxygens (including phenoxy) is 2. The lowest BCUT2D eigenvalue weighted by molar-refractivity contribution is -0.153. The molecular weight excluding hydrogens is 218 g/mol. The van der Waals surface area contributed by atoms with Crippen molar-refractivity contribution in [1.82, 2.24) is 10.4 Å². The molecule has 1 rings (SSSR count). The molecule has 0 spiro atoms. The lowest BCUT2D eigenvalue weighted by Crippen LogP contribution is -2.48. The molecule has 17 heavy (non-hydrogen) atoms. The minimum atomic E-state index is -0.338. The van der Waals surface area contributed by atoms with Crippen molar-refractivity contribution in [3.8, 4) is 0 Å². The van der Waals surface area contributed by atoms with E-state index in [1.165, 1.54) is 0 Å². The van der Waals surface area contributed by atoms with E-state index < -0.39 is 0 Å². The summed E-state index contributed by atoms with van der Waals surface area (Å²) >= 11 is 0. The molecule has 1 atom stereocenters. The van der Waals surface area contributed by atoms with E-state index in [4.69, 9.17) is 15.3 Å². The van der Waals surface area contributed by atoms with E-state index in [1.54, 1.807) is 6.20 Å². The predicted molar refractivity (Wildman–Crippen MR) is 66.1 cm³/mol. The summed E-state index contributed by atoms with van der Waals surface area (Å²) in [5.41, 5.74) is 3.84. The number of aromatic nitrogens is 1. The van der Waals surface area contributed by atoms with E-state index in [0.29, 0.717) is 13.2 Å². The molecular formula is C12H21N3O2. The minimum absolute atomic E-state index is 0.0842. The van der Waals surface area contributed by atoms with Crippen molar-refractivity contribution in [3.05, 3.63) is 30.1 Å². The summed E-state index contributed by atoms with van der Waals surface area (Å²) in [5, 5.41) is 0. The lowest BCUT2D eigenvalue weighted by Gasteiger charge is -2.26. The Hall–Kier alpha value is -1.01. The molecule has 0 fully saturated rings. The van der Waals surface area contributed by atoms with Crippen LogP contribution in [0.2, 0.25) is 0 Å². The summed E-state index contributed by atoms with van der Waals surface area (Å²) in [6.07, 6.45) is 3.95. The second-order valence-electron chi connectivity index (χ2n) is 3.62. The molecule has 0 aliphatic heterocycles. The van der Waals surface area contributed by atoms with Crippen molar-refractivity contribution >= 4 is 0 Å². The molecule has 0 aromatic carbocycles. The highest BCUT2D eigenvalue weighted by molar-refractivity contribution is 5.10. The number of rotatable bonds is 8. The van der Waals surface area contributed by atoms with E-state index in [9.17, 15) is 0 Å². The van der Waals surface area contributed by atoms with Crippen LogP contribution >= 0.6 is 0 Å². The summed E-state index contributed by atoms with van der Waals surface area (Å²) in [6, 6.07) is 3.82. The first-order chi connectivity index (χ1) is 8.31. The zero-order chi connectivity index (χ0) is 12.5. The van der Waals surface area contributed by atoms with Gasteiger partial charge in [-0.15, -0.1) is 0 Å². The molecule has 0 bridgehead atoms. The molecule has 96 valence electrons. The van der Waals surface area contributed by atoms with Crippen molar-refractivity contribution < 1.29 is 9.47 Å². The topological polar surface area (TPSA) is 69.4 Å². The number of nitrogens with one attached hydrogen (secondary N) is 1. The third-order valence-corrected chi connectivity index (χ3v) is 2.38. The van der Waals surface area contributed by atoms with Gasteiger partial charge in [0.05, 0.1) is 6.04 Å². The van der Waals surface area contributed by atoms with Crippen LogP contribution in [0.1, 0.15) is 19.4 Å². The number of hydrazine groups is 1. The number of hydrogen-bond donors (Lipinski definition) is 2. The zero-order valence-electron chi connectivity index (χ0n) is 10.4. The molecule has 0 saturated carbocycles. The summed E-state index contributed by atoms with van der Waals surface area (Å²) in [5.74, 6) is 5.55. The number of nitrogens with two attached hydrogens (primary N) is 1. The second kappa shape index (κ2) is 8.14. The highest BCUT2D eigenvalue weighted by Gasteiger charge is 2.21. The molecule has 3 N–H and O–H groups in total. The van der Waals surface area contributed by atoms with Gasteiger partial charge in [-0.2, -0.15) is 0 Å². The summed E-state index contributed by atoms with van der Waals surface area (Å²) < 4.78 is 11.0. The third-order valence-electron chi connectivity index (χ3n) is 2.38. The Labute approximate surface area is 102 Å². The predicted octanol–water partition coefficient (Wildman–Crippen LogP) is 0.855. The van der Waals surface area contributed by atoms with Gasteiger partial charge < -0.3 is 9.47 Å². The van der Waals surface area contributed by atoms with Crippen molar-refractivity contribution in [1.29, 1.82) is 0 Å². The van der Waals surface area contributed by atoms with Gasteiger partial charge in [0.15, 0.2) is 6.29 Å². The second-order valence-corrected chi connectivity index (χ2v) is 3.62. The molecule has 1 aromatic rings. The van der Waals surface area contributed by atoms with E-state index >= 15 is 0 Å². The molecule has 0 amide bonds. The Morgan fingerprint density at radius 2 is 2.06 bits per heavy atom. The van der Waals surface area contributed by atoms with Gasteiger partial charge in [-0.25, -0.2) is 0 Å². The monoisotopic (exact) mass is 239 g/mol. The van der Waals surface area contributed by atoms with Gasteiger partial charge >= 0.3 is 0 Å². The minimum Gasteiger partial charge on any atom is -0.351 e. The molecule has 5 nitrogen and oxygen atoms in total. The standard InChI is InChI=1S/C12H21N3O2/c1-3-16-12(17-4-2)11(15-13)8-10-6-5-7-14-9-10/h5-7,9,11-12,15H,3-4,8,13H2,1-2H3. The average molecular weight is 239 g/mol. The number of nitrogens with zero attached hydrogens (tertiary/aromatic N) is 1. The van der Waals surface area contributed by atoms with Gasteiger partial charge in [-0.1, -0.05) is 6.07 Å². The van der Waals surface area contributed by atoms with Crippen LogP contribution in [-0.2, 0) is 15.9 Å². The van der Waals surface area contributed by atoms with Gasteiger partial charge in [0, 0.05) is 25.6 Å². The van der Waals surface area contributed by atoms with E-state index in [-0.39, 0.29) is 12.3 Å². The highest BCUT2D eigenvalue weighted by atomic mass is 16.7. The Kier molecular flexibility index (Phi) is 6.73. The van der Waals surface area contributed by atoms with Gasteiger partial charge in [-0.3, -0.25) is 16.3 Å². The van der Waals surface area contributed by atoms with Crippen LogP contribution in [0.4, 0.5) is 0 Å². The first-order valence-corrected chi connectivity index (χ1v) is 5.90. The fourth-order valence-corrected chi connectivity index (χ4v) is 1.62. The molecule has 1 aromatic heterocycles. The maximum atomic E-state index is 5.55. The van der Waals surface area contributed by atoms with Crippen LogP contribution in [-0.4, -0.2) is 30.5 Å². The van der Waals surface area contributed by atoms with Crippen LogP contribution in [0.3, 0.4) is 0 Å². The van der Waals surface area contributed by atoms with Gasteiger partial charge in [0.25, 0.3) is 0 Å². The molecule has 0 saturated heterocycles. The Bertz CT molecular complexity index is 289. The fraction of sp³-hybridized carbons (Fsp3) is 0.583. The van der Waals surface area contributed by atoms with E-state index in [1.807, 2.05) is 32.2 Å². The lowest BCUT2D eigenvalue weighted by atomic mass is 10.1. The SMILES string of the molecule is CCOC(OCC)C(Cc1cccnc1)NN. The average Bonchev–Trinajstić information content (AvgIpc) is 2.37. The van der Waals surface area contributed by atoms with E-state index in [0.717, 1.165) is 12.0 Å². The van der Waals surface area contributed by atoms with Gasteiger partial charge in [-0.05, 0) is 31.9 Å². The Morgan fingerprint density at radius 1 is 1.35 bits per heavy atom. The largest absolute Gasteiger partial charge is 0.351 e. The quantitative estimate of drug-likeness (QED) is 0.400. The number of hydrogen-bond acceptors (Lipinski definition) is 5. The zero-order valence-corrected chi connectivity index (χ0v) is 10.4. The van der Waals surface area contributed by atoms with Crippen LogP contribution in [0.15, 0.2) is 24.5 Å². The summed E-state index contributed by atoms with van der Waals surface area (Å²) in [7, 11) is 0. The van der Waals surface area contributed by atoms with Gasteiger partial charge in [0.2, 0.25) is 0 Å². The first kappa shape index (κ1) is 14.1. The third kappa shape index (κ3) is 4.79. The van der Waals surface area contributed by atoms with E-state index in [2.05, 4.69) is 10.4 Å². The maximum Gasteiger partial charge on any atom is 0.174 e. The smallest absolute Gasteiger partial charge is 0.174 e. The summed E-state index contributed by atoms with van der Waals surface area (Å²) in [6.45, 7) is 5.05. The number of pyridine rings is 1. The van der Waals surface area contributed by atoms with Crippen molar-refractivity contribution in [2.45, 2.75) is 32.6 Å². The van der Waals surface area contributed by atoms with Gasteiger partial charge in [0.1, 0.15) is 0 Å². The molecule has 0 aliphatic rings. The molecule has 0 radical (unpaired) electrons. The maximum absolute atomic E-state index is 5.55. The summed E-state index contributed by atoms with van der Waals surface area (Å²) in [4.78, 5) is 4.07. The first-order valence-electron chi connectivity index (χ1n) is 5.90. The molecule has 1 heterocycles. The fourth-order valence-electron chi connectivity index (χ4n) is 1.62. The highest BCUT2D eigenvalue weighted by Crippen LogP contribution is 2.08.